The van der Waals surface area contributed by atoms with Crippen molar-refractivity contribution in [3.8, 4) is 6.07 Å². The van der Waals surface area contributed by atoms with Gasteiger partial charge in [-0.25, -0.2) is 4.39 Å². The number of nitriles is 1. The molecule has 2 nitrogen and oxygen atoms in total. The number of anilines is 1. The maximum absolute atomic E-state index is 13.3. The summed E-state index contributed by atoms with van der Waals surface area (Å²) in [6.45, 7) is 1.85. The number of nitrogens with one attached hydrogen (secondary N) is 1. The van der Waals surface area contributed by atoms with Crippen LogP contribution in [-0.2, 0) is 0 Å². The monoisotopic (exact) mass is 250 g/mol. The van der Waals surface area contributed by atoms with E-state index in [0.29, 0.717) is 5.69 Å². The summed E-state index contributed by atoms with van der Waals surface area (Å²) < 4.78 is 13.3. The maximum Gasteiger partial charge on any atom is 0.126 e. The summed E-state index contributed by atoms with van der Waals surface area (Å²) in [5, 5.41) is 12.5. The van der Waals surface area contributed by atoms with Crippen LogP contribution in [0.25, 0.3) is 0 Å². The number of aryl methyl sites for hydroxylation is 1. The van der Waals surface area contributed by atoms with E-state index in [1.54, 1.807) is 0 Å². The Balaban J connectivity index is 2.21. The zero-order chi connectivity index (χ0) is 12.3. The molecule has 2 rings (SSSR count). The van der Waals surface area contributed by atoms with Crippen LogP contribution in [-0.4, -0.2) is 17.0 Å². The van der Waals surface area contributed by atoms with Gasteiger partial charge in [0, 0.05) is 5.69 Å². The third-order valence-corrected chi connectivity index (χ3v) is 3.97. The van der Waals surface area contributed by atoms with Gasteiger partial charge in [0.05, 0.1) is 6.07 Å². The lowest BCUT2D eigenvalue weighted by Crippen LogP contribution is -2.40. The molecule has 0 saturated carbocycles. The predicted molar refractivity (Wildman–Crippen MR) is 69.7 cm³/mol. The van der Waals surface area contributed by atoms with E-state index in [4.69, 9.17) is 0 Å². The molecule has 4 heteroatoms. The second kappa shape index (κ2) is 4.97. The molecule has 0 spiro atoms. The third kappa shape index (κ3) is 2.92. The Bertz CT molecular complexity index is 427. The van der Waals surface area contributed by atoms with Gasteiger partial charge in [0.1, 0.15) is 11.4 Å². The van der Waals surface area contributed by atoms with Crippen LogP contribution >= 0.6 is 11.8 Å². The first-order chi connectivity index (χ1) is 8.13. The summed E-state index contributed by atoms with van der Waals surface area (Å²) in [5.41, 5.74) is 1.05. The summed E-state index contributed by atoms with van der Waals surface area (Å²) in [6.07, 6.45) is 1.62. The van der Waals surface area contributed by atoms with Gasteiger partial charge in [0.2, 0.25) is 0 Å². The standard InChI is InChI=1S/C13H15FN2S/c1-10-6-11(14)8-12(7-10)16-13(9-15)2-4-17-5-3-13/h6-8,16H,2-5H2,1H3. The molecule has 90 valence electrons. The summed E-state index contributed by atoms with van der Waals surface area (Å²) in [4.78, 5) is 0. The lowest BCUT2D eigenvalue weighted by molar-refractivity contribution is 0.544. The van der Waals surface area contributed by atoms with Gasteiger partial charge in [0.15, 0.2) is 0 Å². The van der Waals surface area contributed by atoms with Crippen molar-refractivity contribution in [2.24, 2.45) is 0 Å². The van der Waals surface area contributed by atoms with Crippen molar-refractivity contribution in [1.82, 2.24) is 0 Å². The van der Waals surface area contributed by atoms with Crippen LogP contribution in [0.15, 0.2) is 18.2 Å². The minimum atomic E-state index is -0.522. The third-order valence-electron chi connectivity index (χ3n) is 2.99. The van der Waals surface area contributed by atoms with Crippen LogP contribution in [0.5, 0.6) is 0 Å². The van der Waals surface area contributed by atoms with Crippen LogP contribution in [0.1, 0.15) is 18.4 Å². The van der Waals surface area contributed by atoms with Gasteiger partial charge in [-0.15, -0.1) is 0 Å². The van der Waals surface area contributed by atoms with Crippen LogP contribution in [0.2, 0.25) is 0 Å². The minimum absolute atomic E-state index is 0.259. The molecule has 17 heavy (non-hydrogen) atoms. The number of rotatable bonds is 2. The SMILES string of the molecule is Cc1cc(F)cc(NC2(C#N)CCSCC2)c1. The van der Waals surface area contributed by atoms with Gasteiger partial charge in [-0.3, -0.25) is 0 Å². The molecule has 0 bridgehead atoms. The van der Waals surface area contributed by atoms with Crippen LogP contribution in [0.3, 0.4) is 0 Å². The van der Waals surface area contributed by atoms with Crippen molar-refractivity contribution >= 4 is 17.4 Å². The maximum atomic E-state index is 13.3. The molecule has 1 aromatic carbocycles. The Morgan fingerprint density at radius 3 is 2.65 bits per heavy atom. The van der Waals surface area contributed by atoms with Gasteiger partial charge in [-0.05, 0) is 55.0 Å². The molecule has 0 amide bonds. The number of nitrogens with zero attached hydrogens (tertiary/aromatic N) is 1. The fraction of sp³-hybridized carbons (Fsp3) is 0.462. The summed E-state index contributed by atoms with van der Waals surface area (Å²) in [5.74, 6) is 1.70. The number of hydrogen-bond donors (Lipinski definition) is 1. The molecule has 1 saturated heterocycles. The summed E-state index contributed by atoms with van der Waals surface area (Å²) in [7, 11) is 0. The van der Waals surface area contributed by atoms with Gasteiger partial charge in [-0.1, -0.05) is 0 Å². The highest BCUT2D eigenvalue weighted by Crippen LogP contribution is 2.30. The lowest BCUT2D eigenvalue weighted by Gasteiger charge is -2.32. The molecule has 1 fully saturated rings. The van der Waals surface area contributed by atoms with Crippen LogP contribution < -0.4 is 5.32 Å². The van der Waals surface area contributed by atoms with E-state index < -0.39 is 5.54 Å². The largest absolute Gasteiger partial charge is 0.367 e. The van der Waals surface area contributed by atoms with Gasteiger partial charge < -0.3 is 5.32 Å². The average Bonchev–Trinajstić information content (AvgIpc) is 2.29. The van der Waals surface area contributed by atoms with Crippen molar-refractivity contribution in [1.29, 1.82) is 5.26 Å². The van der Waals surface area contributed by atoms with Crippen molar-refractivity contribution in [2.45, 2.75) is 25.3 Å². The molecular formula is C13H15FN2S. The Hall–Kier alpha value is -1.21. The molecule has 0 radical (unpaired) electrons. The van der Waals surface area contributed by atoms with E-state index in [9.17, 15) is 9.65 Å². The Labute approximate surface area is 105 Å². The topological polar surface area (TPSA) is 35.8 Å². The smallest absolute Gasteiger partial charge is 0.126 e. The first-order valence-corrected chi connectivity index (χ1v) is 6.83. The Morgan fingerprint density at radius 1 is 1.35 bits per heavy atom. The normalized spacial score (nSPS) is 18.4. The molecule has 0 aromatic heterocycles. The van der Waals surface area contributed by atoms with Gasteiger partial charge in [-0.2, -0.15) is 17.0 Å². The zero-order valence-electron chi connectivity index (χ0n) is 9.79. The molecule has 0 unspecified atom stereocenters. The second-order valence-corrected chi connectivity index (χ2v) is 5.67. The van der Waals surface area contributed by atoms with E-state index in [0.717, 1.165) is 29.9 Å². The lowest BCUT2D eigenvalue weighted by atomic mass is 9.93. The second-order valence-electron chi connectivity index (χ2n) is 4.45. The van der Waals surface area contributed by atoms with Crippen molar-refractivity contribution in [3.63, 3.8) is 0 Å². The predicted octanol–water partition coefficient (Wildman–Crippen LogP) is 3.34. The van der Waals surface area contributed by atoms with Gasteiger partial charge in [0.25, 0.3) is 0 Å². The molecule has 0 aliphatic carbocycles. The van der Waals surface area contributed by atoms with Gasteiger partial charge >= 0.3 is 0 Å². The highest BCUT2D eigenvalue weighted by Gasteiger charge is 2.32. The molecule has 1 aliphatic heterocycles. The molecule has 0 atom stereocenters. The fourth-order valence-electron chi connectivity index (χ4n) is 2.07. The molecular weight excluding hydrogens is 235 g/mol. The van der Waals surface area contributed by atoms with Crippen LogP contribution in [0.4, 0.5) is 10.1 Å². The number of thioether (sulfide) groups is 1. The number of halogens is 1. The van der Waals surface area contributed by atoms with E-state index in [2.05, 4.69) is 11.4 Å². The Morgan fingerprint density at radius 2 is 2.06 bits per heavy atom. The Kier molecular flexibility index (Phi) is 3.58. The van der Waals surface area contributed by atoms with E-state index >= 15 is 0 Å². The zero-order valence-corrected chi connectivity index (χ0v) is 10.6. The first-order valence-electron chi connectivity index (χ1n) is 5.68. The number of hydrogen-bond acceptors (Lipinski definition) is 3. The van der Waals surface area contributed by atoms with E-state index in [1.807, 2.05) is 24.8 Å². The van der Waals surface area contributed by atoms with Crippen molar-refractivity contribution in [3.05, 3.63) is 29.6 Å². The van der Waals surface area contributed by atoms with Crippen molar-refractivity contribution < 1.29 is 4.39 Å². The fourth-order valence-corrected chi connectivity index (χ4v) is 3.26. The summed E-state index contributed by atoms with van der Waals surface area (Å²) >= 11 is 1.86. The first kappa shape index (κ1) is 12.3. The quantitative estimate of drug-likeness (QED) is 0.874. The average molecular weight is 250 g/mol. The molecule has 1 N–H and O–H groups in total. The number of benzene rings is 1. The highest BCUT2D eigenvalue weighted by atomic mass is 32.2. The van der Waals surface area contributed by atoms with E-state index in [-0.39, 0.29) is 5.82 Å². The molecule has 1 aliphatic rings. The van der Waals surface area contributed by atoms with E-state index in [1.165, 1.54) is 12.1 Å². The van der Waals surface area contributed by atoms with Crippen LogP contribution in [0, 0.1) is 24.1 Å². The summed E-state index contributed by atoms with van der Waals surface area (Å²) in [6, 6.07) is 7.18. The molecule has 1 heterocycles. The molecule has 1 aromatic rings. The highest BCUT2D eigenvalue weighted by molar-refractivity contribution is 7.99. The van der Waals surface area contributed by atoms with Crippen molar-refractivity contribution in [2.75, 3.05) is 16.8 Å². The minimum Gasteiger partial charge on any atom is -0.367 e.